The van der Waals surface area contributed by atoms with Gasteiger partial charge in [-0.05, 0) is 28.5 Å². The number of carbonyl (C=O) groups excluding carboxylic acids is 1. The molecule has 0 fully saturated rings. The molecule has 0 amide bonds. The number of fused-ring (bicyclic) bond motifs is 1. The molecule has 0 saturated carbocycles. The minimum absolute atomic E-state index is 0.292. The third kappa shape index (κ3) is 5.68. The Morgan fingerprint density at radius 1 is 1.12 bits per heavy atom. The minimum Gasteiger partial charge on any atom is -0.550 e. The van der Waals surface area contributed by atoms with Crippen molar-refractivity contribution in [3.63, 3.8) is 0 Å². The van der Waals surface area contributed by atoms with Crippen LogP contribution in [0.4, 0.5) is 0 Å². The Morgan fingerprint density at radius 2 is 1.64 bits per heavy atom. The summed E-state index contributed by atoms with van der Waals surface area (Å²) in [4.78, 5) is 10.8. The Balaban J connectivity index is 0.000000333. The summed E-state index contributed by atoms with van der Waals surface area (Å²) in [6.45, 7) is 0.750. The van der Waals surface area contributed by atoms with Crippen molar-refractivity contribution in [2.24, 2.45) is 0 Å². The van der Waals surface area contributed by atoms with Crippen LogP contribution in [0.15, 0.2) is 36.4 Å². The fourth-order valence-corrected chi connectivity index (χ4v) is 1.92. The molecule has 0 unspecified atom stereocenters. The summed E-state index contributed by atoms with van der Waals surface area (Å²) < 4.78 is 5.13. The van der Waals surface area contributed by atoms with Gasteiger partial charge in [0.05, 0.1) is 7.11 Å². The predicted octanol–water partition coefficient (Wildman–Crippen LogP) is -1.35. The molecular weight excluding hydrogens is 326 g/mol. The first-order chi connectivity index (χ1) is 11.8. The van der Waals surface area contributed by atoms with Crippen LogP contribution < -0.4 is 15.6 Å². The molecular formula is C18H25NO6. The molecule has 0 aromatic heterocycles. The lowest BCUT2D eigenvalue weighted by atomic mass is 9.98. The zero-order chi connectivity index (χ0) is 19.0. The first kappa shape index (κ1) is 20.9. The van der Waals surface area contributed by atoms with Crippen LogP contribution >= 0.6 is 0 Å². The molecule has 0 radical (unpaired) electrons. The average Bonchev–Trinajstić information content (AvgIpc) is 2.66. The summed E-state index contributed by atoms with van der Waals surface area (Å²) in [6, 6.07) is 11.3. The smallest absolute Gasteiger partial charge is 0.164 e. The van der Waals surface area contributed by atoms with Gasteiger partial charge >= 0.3 is 0 Å². The van der Waals surface area contributed by atoms with Crippen molar-refractivity contribution in [1.82, 2.24) is 0 Å². The molecule has 0 aliphatic heterocycles. The fraction of sp³-hybridized carbons (Fsp3) is 0.389. The summed E-state index contributed by atoms with van der Waals surface area (Å²) in [5, 5.41) is 38.0. The van der Waals surface area contributed by atoms with E-state index in [2.05, 4.69) is 5.73 Å². The highest BCUT2D eigenvalue weighted by Crippen LogP contribution is 2.24. The van der Waals surface area contributed by atoms with Crippen LogP contribution in [-0.4, -0.2) is 53.8 Å². The van der Waals surface area contributed by atoms with Gasteiger partial charge in [0.25, 0.3) is 0 Å². The monoisotopic (exact) mass is 351 g/mol. The third-order valence-electron chi connectivity index (χ3n) is 3.93. The van der Waals surface area contributed by atoms with Crippen LogP contribution in [0.5, 0.6) is 5.75 Å². The van der Waals surface area contributed by atoms with E-state index in [4.69, 9.17) is 20.1 Å². The van der Waals surface area contributed by atoms with Gasteiger partial charge in [0.2, 0.25) is 0 Å². The number of hydrogen-bond acceptors (Lipinski definition) is 6. The van der Waals surface area contributed by atoms with Crippen LogP contribution in [0, 0.1) is 0 Å². The van der Waals surface area contributed by atoms with Gasteiger partial charge in [-0.1, -0.05) is 31.2 Å². The van der Waals surface area contributed by atoms with E-state index in [9.17, 15) is 9.90 Å². The number of carboxylic acid groups (broad SMARTS) is 1. The molecule has 0 spiro atoms. The largest absolute Gasteiger partial charge is 0.550 e. The van der Waals surface area contributed by atoms with E-state index in [1.165, 1.54) is 0 Å². The van der Waals surface area contributed by atoms with E-state index >= 15 is 0 Å². The van der Waals surface area contributed by atoms with Gasteiger partial charge < -0.3 is 35.7 Å². The Labute approximate surface area is 146 Å². The number of aliphatic hydroxyl groups excluding tert-OH is 3. The van der Waals surface area contributed by atoms with Crippen molar-refractivity contribution in [2.45, 2.75) is 18.4 Å². The summed E-state index contributed by atoms with van der Waals surface area (Å²) in [5.74, 6) is -0.863. The highest BCUT2D eigenvalue weighted by molar-refractivity contribution is 5.86. The summed E-state index contributed by atoms with van der Waals surface area (Å²) in [5.41, 5.74) is 3.17. The predicted molar refractivity (Wildman–Crippen MR) is 90.8 cm³/mol. The SMILES string of the molecule is COc1ccc2cc([C@H](C)C(=O)[O-])ccc2c1.[NH3+]C(CO)(CO)CO. The van der Waals surface area contributed by atoms with E-state index in [0.29, 0.717) is 0 Å². The Hall–Kier alpha value is -2.19. The van der Waals surface area contributed by atoms with Crippen molar-refractivity contribution in [3.8, 4) is 5.75 Å². The lowest BCUT2D eigenvalue weighted by Crippen LogP contribution is -2.78. The maximum absolute atomic E-state index is 10.8. The maximum atomic E-state index is 10.8. The molecule has 7 nitrogen and oxygen atoms in total. The van der Waals surface area contributed by atoms with E-state index in [1.807, 2.05) is 36.4 Å². The zero-order valence-electron chi connectivity index (χ0n) is 14.4. The lowest BCUT2D eigenvalue weighted by molar-refractivity contribution is -0.494. The van der Waals surface area contributed by atoms with E-state index in [0.717, 1.165) is 22.1 Å². The number of carbonyl (C=O) groups is 1. The molecule has 0 aliphatic rings. The van der Waals surface area contributed by atoms with Gasteiger partial charge in [0, 0.05) is 11.9 Å². The van der Waals surface area contributed by atoms with Crippen LogP contribution in [0.2, 0.25) is 0 Å². The molecule has 7 heteroatoms. The third-order valence-corrected chi connectivity index (χ3v) is 3.93. The van der Waals surface area contributed by atoms with E-state index in [1.54, 1.807) is 14.0 Å². The van der Waals surface area contributed by atoms with Crippen LogP contribution in [0.1, 0.15) is 18.4 Å². The van der Waals surface area contributed by atoms with E-state index < -0.39 is 17.4 Å². The molecule has 2 aromatic carbocycles. The van der Waals surface area contributed by atoms with Gasteiger partial charge in [-0.3, -0.25) is 0 Å². The first-order valence-electron chi connectivity index (χ1n) is 7.76. The Bertz CT molecular complexity index is 691. The number of aliphatic hydroxyl groups is 3. The van der Waals surface area contributed by atoms with Crippen molar-refractivity contribution in [3.05, 3.63) is 42.0 Å². The standard InChI is InChI=1S/C14H14O3.C4H11NO3/c1-9(14(15)16)10-3-4-12-8-13(17-2)6-5-11(12)7-10;5-4(1-6,2-7)3-8/h3-9H,1-2H3,(H,15,16);6-8H,1-3,5H2/t9-;/m0./s1. The van der Waals surface area contributed by atoms with Gasteiger partial charge in [-0.2, -0.15) is 0 Å². The van der Waals surface area contributed by atoms with Crippen molar-refractivity contribution >= 4 is 16.7 Å². The number of rotatable bonds is 6. The number of quaternary nitrogens is 1. The Kier molecular flexibility index (Phi) is 7.79. The molecule has 0 saturated heterocycles. The number of ether oxygens (including phenoxy) is 1. The van der Waals surface area contributed by atoms with Crippen LogP contribution in [-0.2, 0) is 4.79 Å². The molecule has 0 aliphatic carbocycles. The van der Waals surface area contributed by atoms with Crippen molar-refractivity contribution in [1.29, 1.82) is 0 Å². The molecule has 1 atom stereocenters. The van der Waals surface area contributed by atoms with Crippen LogP contribution in [0.25, 0.3) is 10.8 Å². The summed E-state index contributed by atoms with van der Waals surface area (Å²) in [6.07, 6.45) is 0. The van der Waals surface area contributed by atoms with Crippen molar-refractivity contribution in [2.75, 3.05) is 26.9 Å². The molecule has 2 rings (SSSR count). The Morgan fingerprint density at radius 3 is 2.08 bits per heavy atom. The second kappa shape index (κ2) is 9.33. The van der Waals surface area contributed by atoms with Gasteiger partial charge in [-0.15, -0.1) is 0 Å². The zero-order valence-corrected chi connectivity index (χ0v) is 14.4. The molecule has 138 valence electrons. The topological polar surface area (TPSA) is 138 Å². The minimum atomic E-state index is -1.06. The van der Waals surface area contributed by atoms with E-state index in [-0.39, 0.29) is 19.8 Å². The molecule has 6 N–H and O–H groups in total. The number of aliphatic carboxylic acids is 1. The fourth-order valence-electron chi connectivity index (χ4n) is 1.92. The molecule has 2 aromatic rings. The second-order valence-corrected chi connectivity index (χ2v) is 5.99. The molecule has 0 heterocycles. The van der Waals surface area contributed by atoms with Crippen LogP contribution in [0.3, 0.4) is 0 Å². The summed E-state index contributed by atoms with van der Waals surface area (Å²) >= 11 is 0. The second-order valence-electron chi connectivity index (χ2n) is 5.99. The lowest BCUT2D eigenvalue weighted by Gasteiger charge is -2.16. The molecule has 0 bridgehead atoms. The summed E-state index contributed by atoms with van der Waals surface area (Å²) in [7, 11) is 1.62. The quantitative estimate of drug-likeness (QED) is 0.507. The average molecular weight is 351 g/mol. The van der Waals surface area contributed by atoms with Gasteiger partial charge in [0.15, 0.2) is 5.54 Å². The highest BCUT2D eigenvalue weighted by atomic mass is 16.5. The number of hydrogen-bond donors (Lipinski definition) is 4. The number of carboxylic acids is 1. The highest BCUT2D eigenvalue weighted by Gasteiger charge is 2.25. The van der Waals surface area contributed by atoms with Crippen molar-refractivity contribution < 1.29 is 35.7 Å². The number of benzene rings is 2. The normalized spacial score (nSPS) is 12.2. The number of methoxy groups -OCH3 is 1. The van der Waals surface area contributed by atoms with Gasteiger partial charge in [0.1, 0.15) is 25.6 Å². The van der Waals surface area contributed by atoms with Gasteiger partial charge in [-0.25, -0.2) is 0 Å². The first-order valence-corrected chi connectivity index (χ1v) is 7.76. The maximum Gasteiger partial charge on any atom is 0.164 e. The molecule has 25 heavy (non-hydrogen) atoms.